The van der Waals surface area contributed by atoms with E-state index in [-0.39, 0.29) is 35.3 Å². The van der Waals surface area contributed by atoms with Gasteiger partial charge in [-0.3, -0.25) is 14.6 Å². The molecule has 2 aliphatic rings. The lowest BCUT2D eigenvalue weighted by Gasteiger charge is -2.07. The zero-order chi connectivity index (χ0) is 17.3. The number of hydrogen-bond donors (Lipinski definition) is 2. The summed E-state index contributed by atoms with van der Waals surface area (Å²) < 4.78 is 0. The maximum Gasteiger partial charge on any atom is 0.355 e. The summed E-state index contributed by atoms with van der Waals surface area (Å²) in [6.07, 6.45) is 1.66. The van der Waals surface area contributed by atoms with Crippen LogP contribution in [0, 0.1) is 5.41 Å². The number of amides is 1. The van der Waals surface area contributed by atoms with Crippen molar-refractivity contribution in [3.63, 3.8) is 0 Å². The van der Waals surface area contributed by atoms with Crippen LogP contribution in [0.2, 0.25) is 0 Å². The van der Waals surface area contributed by atoms with E-state index in [1.165, 1.54) is 28.5 Å². The van der Waals surface area contributed by atoms with E-state index in [9.17, 15) is 14.4 Å². The van der Waals surface area contributed by atoms with Crippen molar-refractivity contribution >= 4 is 45.8 Å². The first kappa shape index (κ1) is 17.1. The fraction of sp³-hybridized carbons (Fsp3) is 0.533. The average molecular weight is 367 g/mol. The first-order valence-electron chi connectivity index (χ1n) is 7.55. The quantitative estimate of drug-likeness (QED) is 0.713. The number of aromatic nitrogens is 1. The van der Waals surface area contributed by atoms with Crippen LogP contribution in [0.1, 0.15) is 47.7 Å². The summed E-state index contributed by atoms with van der Waals surface area (Å²) in [5.41, 5.74) is -0.251. The minimum atomic E-state index is -1.05. The van der Waals surface area contributed by atoms with E-state index in [4.69, 9.17) is 5.11 Å². The molecule has 0 spiro atoms. The summed E-state index contributed by atoms with van der Waals surface area (Å²) >= 11 is 2.79. The molecule has 2 N–H and O–H groups in total. The standard InChI is InChI=1S/C15H17N3O4S2/c1-15(2-3-15)10(19)4-11(20)16-5-12-17-8(6-23-12)13-18-9(7-24-13)14(21)22/h7-8H,2-6H2,1H3,(H,16,20)(H,21,22)/t8-/m0/s1. The fourth-order valence-corrected chi connectivity index (χ4v) is 4.14. The number of aromatic carboxylic acids is 1. The second kappa shape index (κ2) is 6.64. The Morgan fingerprint density at radius 1 is 1.42 bits per heavy atom. The molecule has 1 atom stereocenters. The summed E-state index contributed by atoms with van der Waals surface area (Å²) in [5.74, 6) is -0.645. The largest absolute Gasteiger partial charge is 0.476 e. The topological polar surface area (TPSA) is 109 Å². The Bertz CT molecular complexity index is 724. The van der Waals surface area contributed by atoms with Crippen molar-refractivity contribution in [2.24, 2.45) is 10.4 Å². The molecule has 1 aliphatic heterocycles. The number of aliphatic imine (C=N–C) groups is 1. The number of nitrogens with one attached hydrogen (secondary N) is 1. The first-order valence-corrected chi connectivity index (χ1v) is 9.42. The molecular weight excluding hydrogens is 350 g/mol. The highest BCUT2D eigenvalue weighted by Gasteiger charge is 2.44. The van der Waals surface area contributed by atoms with Crippen molar-refractivity contribution in [3.05, 3.63) is 16.1 Å². The number of ketones is 1. The van der Waals surface area contributed by atoms with Crippen LogP contribution >= 0.6 is 23.1 Å². The molecule has 7 nitrogen and oxygen atoms in total. The highest BCUT2D eigenvalue weighted by molar-refractivity contribution is 8.14. The third kappa shape index (κ3) is 3.84. The van der Waals surface area contributed by atoms with Gasteiger partial charge in [-0.2, -0.15) is 0 Å². The summed E-state index contributed by atoms with van der Waals surface area (Å²) in [6, 6.07) is -0.174. The Labute approximate surface area is 147 Å². The van der Waals surface area contributed by atoms with E-state index >= 15 is 0 Å². The van der Waals surface area contributed by atoms with Gasteiger partial charge in [-0.1, -0.05) is 6.92 Å². The molecule has 0 aromatic carbocycles. The molecule has 0 bridgehead atoms. The average Bonchev–Trinajstić information content (AvgIpc) is 2.96. The van der Waals surface area contributed by atoms with Crippen molar-refractivity contribution < 1.29 is 19.5 Å². The minimum absolute atomic E-state index is 0.00266. The molecule has 1 amide bonds. The Hall–Kier alpha value is -1.74. The molecule has 1 fully saturated rings. The molecule has 1 aromatic rings. The maximum atomic E-state index is 11.9. The summed E-state index contributed by atoms with van der Waals surface area (Å²) in [5, 5.41) is 14.6. The molecular formula is C15H17N3O4S2. The second-order valence-corrected chi connectivity index (χ2v) is 8.15. The van der Waals surface area contributed by atoms with Gasteiger partial charge >= 0.3 is 5.97 Å². The lowest BCUT2D eigenvalue weighted by atomic mass is 10.0. The van der Waals surface area contributed by atoms with Gasteiger partial charge in [0.05, 0.1) is 18.0 Å². The maximum absolute atomic E-state index is 11.9. The summed E-state index contributed by atoms with van der Waals surface area (Å²) in [6.45, 7) is 2.19. The van der Waals surface area contributed by atoms with Crippen molar-refractivity contribution in [1.29, 1.82) is 0 Å². The fourth-order valence-electron chi connectivity index (χ4n) is 2.25. The molecule has 3 rings (SSSR count). The van der Waals surface area contributed by atoms with Gasteiger partial charge in [0, 0.05) is 16.5 Å². The van der Waals surface area contributed by atoms with E-state index in [0.717, 1.165) is 17.9 Å². The van der Waals surface area contributed by atoms with Crippen LogP contribution in [-0.2, 0) is 9.59 Å². The predicted molar refractivity (Wildman–Crippen MR) is 91.7 cm³/mol. The Kier molecular flexibility index (Phi) is 4.73. The number of carboxylic acid groups (broad SMARTS) is 1. The Morgan fingerprint density at radius 3 is 2.79 bits per heavy atom. The third-order valence-electron chi connectivity index (χ3n) is 4.16. The van der Waals surface area contributed by atoms with Crippen LogP contribution in [0.25, 0.3) is 0 Å². The number of hydrogen-bond acceptors (Lipinski definition) is 7. The molecule has 0 saturated heterocycles. The van der Waals surface area contributed by atoms with Crippen LogP contribution < -0.4 is 5.32 Å². The van der Waals surface area contributed by atoms with Crippen molar-refractivity contribution in [2.75, 3.05) is 12.3 Å². The number of carboxylic acids is 1. The molecule has 128 valence electrons. The molecule has 1 aromatic heterocycles. The lowest BCUT2D eigenvalue weighted by Crippen LogP contribution is -2.31. The zero-order valence-electron chi connectivity index (χ0n) is 13.1. The number of rotatable bonds is 7. The molecule has 24 heavy (non-hydrogen) atoms. The SMILES string of the molecule is CC1(C(=O)CC(=O)NCC2=N[C@H](c3nc(C(=O)O)cs3)CS2)CC1. The number of thioether (sulfide) groups is 1. The van der Waals surface area contributed by atoms with Gasteiger partial charge in [0.15, 0.2) is 5.69 Å². The van der Waals surface area contributed by atoms with Gasteiger partial charge in [0.2, 0.25) is 5.91 Å². The van der Waals surface area contributed by atoms with Crippen LogP contribution in [-0.4, -0.2) is 45.1 Å². The van der Waals surface area contributed by atoms with Crippen LogP contribution in [0.5, 0.6) is 0 Å². The van der Waals surface area contributed by atoms with Gasteiger partial charge in [0.1, 0.15) is 16.8 Å². The number of Topliss-reactive ketones (excluding diaryl/α,β-unsaturated/α-hetero) is 1. The first-order chi connectivity index (χ1) is 11.4. The summed E-state index contributed by atoms with van der Waals surface area (Å²) in [4.78, 5) is 43.1. The monoisotopic (exact) mass is 367 g/mol. The van der Waals surface area contributed by atoms with Gasteiger partial charge in [-0.25, -0.2) is 9.78 Å². The molecule has 0 radical (unpaired) electrons. The molecule has 0 unspecified atom stereocenters. The Balaban J connectivity index is 1.50. The van der Waals surface area contributed by atoms with Gasteiger partial charge in [0.25, 0.3) is 0 Å². The summed E-state index contributed by atoms with van der Waals surface area (Å²) in [7, 11) is 0. The van der Waals surface area contributed by atoms with E-state index in [2.05, 4.69) is 15.3 Å². The predicted octanol–water partition coefficient (Wildman–Crippen LogP) is 1.90. The minimum Gasteiger partial charge on any atom is -0.476 e. The normalized spacial score (nSPS) is 21.2. The molecule has 2 heterocycles. The van der Waals surface area contributed by atoms with Crippen molar-refractivity contribution in [1.82, 2.24) is 10.3 Å². The lowest BCUT2D eigenvalue weighted by molar-refractivity contribution is -0.130. The molecule has 1 saturated carbocycles. The molecule has 9 heteroatoms. The van der Waals surface area contributed by atoms with Gasteiger partial charge in [-0.15, -0.1) is 23.1 Å². The zero-order valence-corrected chi connectivity index (χ0v) is 14.7. The highest BCUT2D eigenvalue weighted by Crippen LogP contribution is 2.46. The van der Waals surface area contributed by atoms with E-state index < -0.39 is 5.97 Å². The van der Waals surface area contributed by atoms with Gasteiger partial charge < -0.3 is 10.4 Å². The number of thiazole rings is 1. The third-order valence-corrected chi connectivity index (χ3v) is 6.18. The van der Waals surface area contributed by atoms with E-state index in [1.807, 2.05) is 6.92 Å². The van der Waals surface area contributed by atoms with Crippen molar-refractivity contribution in [3.8, 4) is 0 Å². The van der Waals surface area contributed by atoms with Crippen LogP contribution in [0.15, 0.2) is 10.4 Å². The van der Waals surface area contributed by atoms with Crippen LogP contribution in [0.3, 0.4) is 0 Å². The van der Waals surface area contributed by atoms with E-state index in [0.29, 0.717) is 17.3 Å². The second-order valence-electron chi connectivity index (χ2n) is 6.16. The number of carbonyl (C=O) groups is 3. The number of nitrogens with zero attached hydrogens (tertiary/aromatic N) is 2. The number of carbonyl (C=O) groups excluding carboxylic acids is 2. The Morgan fingerprint density at radius 2 is 2.17 bits per heavy atom. The smallest absolute Gasteiger partial charge is 0.355 e. The van der Waals surface area contributed by atoms with Gasteiger partial charge in [-0.05, 0) is 12.8 Å². The highest BCUT2D eigenvalue weighted by atomic mass is 32.2. The molecule has 1 aliphatic carbocycles. The van der Waals surface area contributed by atoms with E-state index in [1.54, 1.807) is 0 Å². The van der Waals surface area contributed by atoms with Crippen molar-refractivity contribution in [2.45, 2.75) is 32.2 Å². The van der Waals surface area contributed by atoms with Crippen LogP contribution in [0.4, 0.5) is 0 Å².